The van der Waals surface area contributed by atoms with Gasteiger partial charge in [-0.2, -0.15) is 0 Å². The van der Waals surface area contributed by atoms with Crippen LogP contribution in [0.3, 0.4) is 0 Å². The Morgan fingerprint density at radius 1 is 1.45 bits per heavy atom. The van der Waals surface area contributed by atoms with E-state index in [1.165, 1.54) is 0 Å². The Hall–Kier alpha value is -1.07. The number of nitrogens with zero attached hydrogens (tertiary/aromatic N) is 1. The highest BCUT2D eigenvalue weighted by molar-refractivity contribution is 9.10. The first-order valence-electron chi connectivity index (χ1n) is 6.76. The zero-order valence-corrected chi connectivity index (χ0v) is 13.8. The molecule has 0 aromatic heterocycles. The average Bonchev–Trinajstić information content (AvgIpc) is 2.57. The molecule has 0 saturated carbocycles. The second-order valence-corrected chi connectivity index (χ2v) is 7.00. The number of amides is 1. The number of carbonyl (C=O) groups is 1. The van der Waals surface area contributed by atoms with E-state index >= 15 is 0 Å². The molecule has 20 heavy (non-hydrogen) atoms. The Balaban J connectivity index is 2.35. The fraction of sp³-hybridized carbons (Fsp3) is 0.533. The van der Waals surface area contributed by atoms with Crippen molar-refractivity contribution in [3.8, 4) is 5.75 Å². The monoisotopic (exact) mass is 340 g/mol. The lowest BCUT2D eigenvalue weighted by molar-refractivity contribution is -0.140. The molecule has 2 rings (SSSR count). The van der Waals surface area contributed by atoms with Crippen LogP contribution in [-0.2, 0) is 17.9 Å². The van der Waals surface area contributed by atoms with Gasteiger partial charge in [-0.25, -0.2) is 0 Å². The van der Waals surface area contributed by atoms with Gasteiger partial charge in [-0.3, -0.25) is 4.79 Å². The van der Waals surface area contributed by atoms with Gasteiger partial charge in [-0.05, 0) is 12.1 Å². The number of rotatable bonds is 1. The number of carbonyl (C=O) groups excluding carboxylic acids is 1. The molecule has 0 bridgehead atoms. The van der Waals surface area contributed by atoms with Crippen LogP contribution >= 0.6 is 15.9 Å². The normalized spacial score (nSPS) is 15.3. The molecule has 5 heteroatoms. The summed E-state index contributed by atoms with van der Waals surface area (Å²) >= 11 is 3.49. The third-order valence-corrected chi connectivity index (χ3v) is 3.78. The summed E-state index contributed by atoms with van der Waals surface area (Å²) in [4.78, 5) is 14.3. The Morgan fingerprint density at radius 3 is 2.75 bits per heavy atom. The van der Waals surface area contributed by atoms with E-state index in [1.807, 2.05) is 37.8 Å². The molecule has 0 radical (unpaired) electrons. The zero-order chi connectivity index (χ0) is 14.9. The van der Waals surface area contributed by atoms with Crippen LogP contribution in [0, 0.1) is 5.41 Å². The molecule has 0 fully saturated rings. The zero-order valence-electron chi connectivity index (χ0n) is 12.2. The Bertz CT molecular complexity index is 523. The number of fused-ring (bicyclic) bond motifs is 1. The third kappa shape index (κ3) is 3.15. The minimum atomic E-state index is -0.382. The van der Waals surface area contributed by atoms with Crippen molar-refractivity contribution in [2.45, 2.75) is 33.9 Å². The van der Waals surface area contributed by atoms with Gasteiger partial charge < -0.3 is 15.4 Å². The highest BCUT2D eigenvalue weighted by Gasteiger charge is 2.29. The van der Waals surface area contributed by atoms with Crippen LogP contribution in [-0.4, -0.2) is 24.0 Å². The van der Waals surface area contributed by atoms with Crippen LogP contribution in [0.4, 0.5) is 0 Å². The van der Waals surface area contributed by atoms with Gasteiger partial charge in [-0.15, -0.1) is 0 Å². The van der Waals surface area contributed by atoms with Crippen molar-refractivity contribution in [2.24, 2.45) is 11.1 Å². The quantitative estimate of drug-likeness (QED) is 0.854. The lowest BCUT2D eigenvalue weighted by Gasteiger charge is -2.28. The van der Waals surface area contributed by atoms with Gasteiger partial charge in [0.2, 0.25) is 5.91 Å². The van der Waals surface area contributed by atoms with Gasteiger partial charge in [0.05, 0.1) is 6.54 Å². The van der Waals surface area contributed by atoms with Crippen molar-refractivity contribution < 1.29 is 9.53 Å². The first-order chi connectivity index (χ1) is 9.32. The number of benzene rings is 1. The van der Waals surface area contributed by atoms with Gasteiger partial charge >= 0.3 is 0 Å². The number of ether oxygens (including phenoxy) is 1. The highest BCUT2D eigenvalue weighted by Crippen LogP contribution is 2.32. The maximum Gasteiger partial charge on any atom is 0.228 e. The van der Waals surface area contributed by atoms with E-state index in [-0.39, 0.29) is 11.3 Å². The van der Waals surface area contributed by atoms with Crippen LogP contribution in [0.5, 0.6) is 5.75 Å². The molecular formula is C15H21BrN2O2. The summed E-state index contributed by atoms with van der Waals surface area (Å²) in [6, 6.07) is 3.98. The van der Waals surface area contributed by atoms with Crippen molar-refractivity contribution in [3.05, 3.63) is 27.7 Å². The minimum absolute atomic E-state index is 0.142. The van der Waals surface area contributed by atoms with Gasteiger partial charge in [0.1, 0.15) is 12.4 Å². The first-order valence-corrected chi connectivity index (χ1v) is 7.56. The van der Waals surface area contributed by atoms with Crippen molar-refractivity contribution in [2.75, 3.05) is 13.2 Å². The van der Waals surface area contributed by atoms with E-state index in [2.05, 4.69) is 15.9 Å². The molecule has 1 aliphatic rings. The number of hydrogen-bond donors (Lipinski definition) is 1. The fourth-order valence-electron chi connectivity index (χ4n) is 2.36. The molecule has 2 N–H and O–H groups in total. The second kappa shape index (κ2) is 5.74. The van der Waals surface area contributed by atoms with E-state index in [1.54, 1.807) is 0 Å². The lowest BCUT2D eigenvalue weighted by atomic mass is 9.94. The molecule has 1 heterocycles. The molecule has 1 aromatic rings. The van der Waals surface area contributed by atoms with E-state index in [0.29, 0.717) is 26.2 Å². The van der Waals surface area contributed by atoms with Crippen LogP contribution in [0.25, 0.3) is 0 Å². The topological polar surface area (TPSA) is 55.6 Å². The van der Waals surface area contributed by atoms with E-state index < -0.39 is 0 Å². The molecule has 4 nitrogen and oxygen atoms in total. The largest absolute Gasteiger partial charge is 0.491 e. The third-order valence-electron chi connectivity index (χ3n) is 3.33. The van der Waals surface area contributed by atoms with Crippen molar-refractivity contribution in [1.29, 1.82) is 0 Å². The molecule has 0 aliphatic carbocycles. The maximum atomic E-state index is 12.5. The smallest absolute Gasteiger partial charge is 0.228 e. The summed E-state index contributed by atoms with van der Waals surface area (Å²) < 4.78 is 6.79. The Morgan fingerprint density at radius 2 is 2.15 bits per heavy atom. The van der Waals surface area contributed by atoms with Gasteiger partial charge in [0.25, 0.3) is 0 Å². The van der Waals surface area contributed by atoms with Crippen molar-refractivity contribution >= 4 is 21.8 Å². The first kappa shape index (κ1) is 15.3. The van der Waals surface area contributed by atoms with E-state index in [0.717, 1.165) is 21.3 Å². The molecule has 0 unspecified atom stereocenters. The Kier molecular flexibility index (Phi) is 4.39. The molecular weight excluding hydrogens is 320 g/mol. The highest BCUT2D eigenvalue weighted by atomic mass is 79.9. The number of hydrogen-bond acceptors (Lipinski definition) is 3. The molecule has 110 valence electrons. The standard InChI is InChI=1S/C15H21BrN2O2/c1-15(2,3)14(19)18-4-5-20-13-10(8-17)6-12(16)7-11(13)9-18/h6-7H,4-5,8-9,17H2,1-3H3. The fourth-order valence-corrected chi connectivity index (χ4v) is 2.91. The summed E-state index contributed by atoms with van der Waals surface area (Å²) in [5, 5.41) is 0. The lowest BCUT2D eigenvalue weighted by Crippen LogP contribution is -2.40. The molecule has 0 atom stereocenters. The number of nitrogens with two attached hydrogens (primary N) is 1. The van der Waals surface area contributed by atoms with Gasteiger partial charge in [0.15, 0.2) is 0 Å². The Labute approximate surface area is 128 Å². The van der Waals surface area contributed by atoms with Crippen LogP contribution < -0.4 is 10.5 Å². The van der Waals surface area contributed by atoms with E-state index in [4.69, 9.17) is 10.5 Å². The summed E-state index contributed by atoms with van der Waals surface area (Å²) in [7, 11) is 0. The molecule has 1 aromatic carbocycles. The number of halogens is 1. The van der Waals surface area contributed by atoms with Crippen molar-refractivity contribution in [1.82, 2.24) is 4.90 Å². The van der Waals surface area contributed by atoms with Gasteiger partial charge in [0, 0.05) is 34.1 Å². The molecule has 0 saturated heterocycles. The van der Waals surface area contributed by atoms with Gasteiger partial charge in [-0.1, -0.05) is 36.7 Å². The average molecular weight is 341 g/mol. The molecule has 1 amide bonds. The molecule has 1 aliphatic heterocycles. The van der Waals surface area contributed by atoms with Crippen molar-refractivity contribution in [3.63, 3.8) is 0 Å². The van der Waals surface area contributed by atoms with E-state index in [9.17, 15) is 4.79 Å². The predicted octanol–water partition coefficient (Wildman–Crippen LogP) is 2.67. The summed E-state index contributed by atoms with van der Waals surface area (Å²) in [6.45, 7) is 7.92. The summed E-state index contributed by atoms with van der Waals surface area (Å²) in [5.74, 6) is 0.975. The summed E-state index contributed by atoms with van der Waals surface area (Å²) in [6.07, 6.45) is 0. The SMILES string of the molecule is CC(C)(C)C(=O)N1CCOc2c(CN)cc(Br)cc2C1. The molecule has 0 spiro atoms. The van der Waals surface area contributed by atoms with Crippen LogP contribution in [0.15, 0.2) is 16.6 Å². The minimum Gasteiger partial charge on any atom is -0.491 e. The van der Waals surface area contributed by atoms with Crippen LogP contribution in [0.1, 0.15) is 31.9 Å². The second-order valence-electron chi connectivity index (χ2n) is 6.08. The summed E-state index contributed by atoms with van der Waals surface area (Å²) in [5.41, 5.74) is 7.38. The van der Waals surface area contributed by atoms with Crippen LogP contribution in [0.2, 0.25) is 0 Å². The maximum absolute atomic E-state index is 12.5. The predicted molar refractivity (Wildman–Crippen MR) is 82.4 cm³/mol.